The van der Waals surface area contributed by atoms with Crippen LogP contribution in [0.4, 0.5) is 0 Å². The van der Waals surface area contributed by atoms with E-state index in [2.05, 4.69) is 28.6 Å². The minimum Gasteiger partial charge on any atom is -0.480 e. The summed E-state index contributed by atoms with van der Waals surface area (Å²) in [6.45, 7) is 7.86. The van der Waals surface area contributed by atoms with Gasteiger partial charge in [-0.15, -0.1) is 0 Å². The molecule has 0 aromatic heterocycles. The summed E-state index contributed by atoms with van der Waals surface area (Å²) >= 11 is 4.14. The van der Waals surface area contributed by atoms with Gasteiger partial charge in [-0.1, -0.05) is 34.1 Å². The van der Waals surface area contributed by atoms with Crippen molar-refractivity contribution in [3.63, 3.8) is 0 Å². The van der Waals surface area contributed by atoms with E-state index in [-0.39, 0.29) is 24.0 Å². The van der Waals surface area contributed by atoms with Crippen LogP contribution in [0.3, 0.4) is 0 Å². The molecule has 0 aliphatic heterocycles. The third kappa shape index (κ3) is 11.1. The summed E-state index contributed by atoms with van der Waals surface area (Å²) in [6.07, 6.45) is 2.51. The second-order valence-electron chi connectivity index (χ2n) is 8.54. The van der Waals surface area contributed by atoms with E-state index in [1.54, 1.807) is 6.92 Å². The van der Waals surface area contributed by atoms with Crippen LogP contribution in [-0.2, 0) is 19.2 Å². The first-order valence-corrected chi connectivity index (χ1v) is 11.8. The normalized spacial score (nSPS) is 15.9. The van der Waals surface area contributed by atoms with Gasteiger partial charge in [0.25, 0.3) is 0 Å². The molecule has 0 radical (unpaired) electrons. The number of rotatable bonds is 16. The molecule has 11 heteroatoms. The van der Waals surface area contributed by atoms with E-state index in [1.165, 1.54) is 0 Å². The quantitative estimate of drug-likeness (QED) is 0.121. The number of amides is 3. The van der Waals surface area contributed by atoms with Crippen LogP contribution in [0.1, 0.15) is 59.8 Å². The summed E-state index contributed by atoms with van der Waals surface area (Å²) in [6, 6.07) is -3.79. The molecule has 8 N–H and O–H groups in total. The summed E-state index contributed by atoms with van der Waals surface area (Å²) in [4.78, 5) is 49.5. The summed E-state index contributed by atoms with van der Waals surface area (Å²) in [5.74, 6) is -2.87. The summed E-state index contributed by atoms with van der Waals surface area (Å²) in [5.41, 5.74) is 11.4. The number of thiol groups is 1. The van der Waals surface area contributed by atoms with Crippen molar-refractivity contribution >= 4 is 36.3 Å². The van der Waals surface area contributed by atoms with E-state index in [1.807, 2.05) is 20.8 Å². The number of nitrogens with one attached hydrogen (secondary N) is 3. The zero-order valence-electron chi connectivity index (χ0n) is 19.6. The molecule has 32 heavy (non-hydrogen) atoms. The van der Waals surface area contributed by atoms with Gasteiger partial charge in [-0.3, -0.25) is 14.4 Å². The molecule has 0 heterocycles. The predicted molar refractivity (Wildman–Crippen MR) is 127 cm³/mol. The van der Waals surface area contributed by atoms with E-state index in [0.29, 0.717) is 32.2 Å². The molecule has 0 aliphatic rings. The highest BCUT2D eigenvalue weighted by molar-refractivity contribution is 7.80. The van der Waals surface area contributed by atoms with Crippen LogP contribution < -0.4 is 27.4 Å². The average molecular weight is 476 g/mol. The van der Waals surface area contributed by atoms with Crippen LogP contribution >= 0.6 is 12.6 Å². The maximum atomic E-state index is 12.8. The lowest BCUT2D eigenvalue weighted by Gasteiger charge is -2.26. The highest BCUT2D eigenvalue weighted by atomic mass is 32.1. The molecule has 0 saturated heterocycles. The molecule has 0 aromatic carbocycles. The van der Waals surface area contributed by atoms with E-state index >= 15 is 0 Å². The Morgan fingerprint density at radius 1 is 0.938 bits per heavy atom. The average Bonchev–Trinajstić information content (AvgIpc) is 2.73. The number of hydrogen-bond acceptors (Lipinski definition) is 7. The Morgan fingerprint density at radius 2 is 1.50 bits per heavy atom. The van der Waals surface area contributed by atoms with Crippen LogP contribution in [-0.4, -0.2) is 65.3 Å². The first-order chi connectivity index (χ1) is 15.0. The molecular formula is C21H41N5O5S. The molecule has 186 valence electrons. The summed E-state index contributed by atoms with van der Waals surface area (Å²) in [5, 5.41) is 17.2. The maximum Gasteiger partial charge on any atom is 0.326 e. The Balaban J connectivity index is 5.31. The molecule has 0 bridgehead atoms. The van der Waals surface area contributed by atoms with Gasteiger partial charge in [0, 0.05) is 5.75 Å². The zero-order chi connectivity index (χ0) is 24.8. The Bertz CT molecular complexity index is 619. The smallest absolute Gasteiger partial charge is 0.326 e. The summed E-state index contributed by atoms with van der Waals surface area (Å²) in [7, 11) is 0. The largest absolute Gasteiger partial charge is 0.480 e. The maximum absolute atomic E-state index is 12.8. The Morgan fingerprint density at radius 3 is 1.97 bits per heavy atom. The lowest BCUT2D eigenvalue weighted by atomic mass is 9.98. The van der Waals surface area contributed by atoms with Gasteiger partial charge in [-0.05, 0) is 44.1 Å². The number of nitrogens with two attached hydrogens (primary N) is 2. The van der Waals surface area contributed by atoms with Crippen LogP contribution in [0.15, 0.2) is 0 Å². The van der Waals surface area contributed by atoms with E-state index < -0.39 is 47.9 Å². The standard InChI is InChI=1S/C21H41N5O5S/c1-5-13(4)17(21(30)31)26-19(28)15(8-6-7-9-22)24-20(29)16(11-32)25-18(27)14(23)10-12(2)3/h12-17,32H,5-11,22-23H2,1-4H3,(H,24,29)(H,25,27)(H,26,28)(H,30,31). The van der Waals surface area contributed by atoms with E-state index in [4.69, 9.17) is 11.5 Å². The van der Waals surface area contributed by atoms with Crippen molar-refractivity contribution in [2.75, 3.05) is 12.3 Å². The highest BCUT2D eigenvalue weighted by Gasteiger charge is 2.31. The minimum atomic E-state index is -1.14. The lowest BCUT2D eigenvalue weighted by Crippen LogP contribution is -2.58. The molecule has 0 saturated carbocycles. The van der Waals surface area contributed by atoms with Gasteiger partial charge in [0.15, 0.2) is 0 Å². The topological polar surface area (TPSA) is 177 Å². The molecule has 0 fully saturated rings. The van der Waals surface area contributed by atoms with Crippen LogP contribution in [0.5, 0.6) is 0 Å². The van der Waals surface area contributed by atoms with Crippen LogP contribution in [0.2, 0.25) is 0 Å². The fourth-order valence-electron chi connectivity index (χ4n) is 3.06. The van der Waals surface area contributed by atoms with Gasteiger partial charge < -0.3 is 32.5 Å². The van der Waals surface area contributed by atoms with Gasteiger partial charge >= 0.3 is 5.97 Å². The molecule has 5 unspecified atom stereocenters. The van der Waals surface area contributed by atoms with Gasteiger partial charge in [0.2, 0.25) is 17.7 Å². The summed E-state index contributed by atoms with van der Waals surface area (Å²) < 4.78 is 0. The first kappa shape index (κ1) is 30.1. The van der Waals surface area contributed by atoms with Gasteiger partial charge in [0.1, 0.15) is 18.1 Å². The monoisotopic (exact) mass is 475 g/mol. The number of unbranched alkanes of at least 4 members (excludes halogenated alkanes) is 1. The second-order valence-corrected chi connectivity index (χ2v) is 8.90. The molecule has 0 aliphatic carbocycles. The number of aliphatic carboxylic acids is 1. The molecule has 0 aromatic rings. The van der Waals surface area contributed by atoms with Crippen molar-refractivity contribution in [3.05, 3.63) is 0 Å². The predicted octanol–water partition coefficient (Wildman–Crippen LogP) is 0.00370. The minimum absolute atomic E-state index is 0.00767. The van der Waals surface area contributed by atoms with Crippen molar-refractivity contribution in [3.8, 4) is 0 Å². The van der Waals surface area contributed by atoms with Crippen molar-refractivity contribution < 1.29 is 24.3 Å². The van der Waals surface area contributed by atoms with Gasteiger partial charge in [0.05, 0.1) is 6.04 Å². The number of carboxylic acids is 1. The van der Waals surface area contributed by atoms with Gasteiger partial charge in [-0.2, -0.15) is 12.6 Å². The third-order valence-electron chi connectivity index (χ3n) is 5.23. The number of carbonyl (C=O) groups is 4. The molecule has 10 nitrogen and oxygen atoms in total. The fourth-order valence-corrected chi connectivity index (χ4v) is 3.32. The molecular weight excluding hydrogens is 434 g/mol. The van der Waals surface area contributed by atoms with E-state index in [9.17, 15) is 24.3 Å². The Kier molecular flexibility index (Phi) is 15.0. The fraction of sp³-hybridized carbons (Fsp3) is 0.810. The molecule has 0 rings (SSSR count). The number of hydrogen-bond donors (Lipinski definition) is 7. The third-order valence-corrected chi connectivity index (χ3v) is 5.60. The first-order valence-electron chi connectivity index (χ1n) is 11.2. The number of carboxylic acid groups (broad SMARTS) is 1. The van der Waals surface area contributed by atoms with Crippen LogP contribution in [0.25, 0.3) is 0 Å². The zero-order valence-corrected chi connectivity index (χ0v) is 20.5. The van der Waals surface area contributed by atoms with Crippen LogP contribution in [0, 0.1) is 11.8 Å². The van der Waals surface area contributed by atoms with Crippen molar-refractivity contribution in [1.82, 2.24) is 16.0 Å². The SMILES string of the molecule is CCC(C)C(NC(=O)C(CCCCN)NC(=O)C(CS)NC(=O)C(N)CC(C)C)C(=O)O. The van der Waals surface area contributed by atoms with Crippen molar-refractivity contribution in [2.24, 2.45) is 23.3 Å². The number of carbonyl (C=O) groups excluding carboxylic acids is 3. The highest BCUT2D eigenvalue weighted by Crippen LogP contribution is 2.10. The Labute approximate surface area is 196 Å². The van der Waals surface area contributed by atoms with Crippen molar-refractivity contribution in [1.29, 1.82) is 0 Å². The van der Waals surface area contributed by atoms with Crippen molar-refractivity contribution in [2.45, 2.75) is 84.0 Å². The van der Waals surface area contributed by atoms with E-state index in [0.717, 1.165) is 0 Å². The second kappa shape index (κ2) is 15.9. The van der Waals surface area contributed by atoms with Gasteiger partial charge in [-0.25, -0.2) is 4.79 Å². The molecule has 0 spiro atoms. The lowest BCUT2D eigenvalue weighted by molar-refractivity contribution is -0.143. The Hall–Kier alpha value is -1.85. The molecule has 3 amide bonds. The molecule has 5 atom stereocenters.